The zero-order valence-electron chi connectivity index (χ0n) is 6.89. The van der Waals surface area contributed by atoms with Gasteiger partial charge in [0, 0.05) is 16.8 Å². The first-order valence-corrected chi connectivity index (χ1v) is 4.57. The zero-order valence-corrected chi connectivity index (χ0v) is 7.70. The lowest BCUT2D eigenvalue weighted by Gasteiger charge is -1.95. The molecule has 0 aromatic carbocycles. The molecule has 0 aliphatic carbocycles. The van der Waals surface area contributed by atoms with Crippen LogP contribution in [0.5, 0.6) is 5.75 Å². The largest absolute Gasteiger partial charge is 0.496 e. The molecule has 2 nitrogen and oxygen atoms in total. The van der Waals surface area contributed by atoms with Crippen LogP contribution in [0.25, 0.3) is 0 Å². The number of methoxy groups -OCH3 is 1. The van der Waals surface area contributed by atoms with E-state index in [1.807, 2.05) is 5.38 Å². The van der Waals surface area contributed by atoms with Gasteiger partial charge in [-0.1, -0.05) is 6.92 Å². The minimum absolute atomic E-state index is 0.949. The molecule has 0 unspecified atom stereocenters. The lowest BCUT2D eigenvalue weighted by molar-refractivity contribution is 0.416. The molecule has 0 spiro atoms. The fourth-order valence-electron chi connectivity index (χ4n) is 0.808. The fourth-order valence-corrected chi connectivity index (χ4v) is 1.61. The van der Waals surface area contributed by atoms with Gasteiger partial charge in [0.05, 0.1) is 7.11 Å². The smallest absolute Gasteiger partial charge is 0.129 e. The number of rotatable bonds is 4. The summed E-state index contributed by atoms with van der Waals surface area (Å²) in [5.74, 6) is 0.961. The Morgan fingerprint density at radius 1 is 1.64 bits per heavy atom. The summed E-state index contributed by atoms with van der Waals surface area (Å²) in [5.41, 5.74) is 0. The number of nitrogens with one attached hydrogen (secondary N) is 1. The van der Waals surface area contributed by atoms with E-state index in [1.54, 1.807) is 18.4 Å². The molecule has 0 atom stereocenters. The Balaban J connectivity index is 2.44. The quantitative estimate of drug-likeness (QED) is 0.746. The maximum Gasteiger partial charge on any atom is 0.129 e. The standard InChI is InChI=1S/C8H13NOS/c1-3-9-5-8-4-7(10-2)6-11-8/h4,6,9H,3,5H2,1-2H3. The Bertz CT molecular complexity index is 210. The van der Waals surface area contributed by atoms with Crippen LogP contribution in [0.3, 0.4) is 0 Å². The molecule has 1 aromatic heterocycles. The average Bonchev–Trinajstić information content (AvgIpc) is 2.48. The number of ether oxygens (including phenoxy) is 1. The number of hydrogen-bond donors (Lipinski definition) is 1. The molecule has 3 heteroatoms. The summed E-state index contributed by atoms with van der Waals surface area (Å²) in [4.78, 5) is 1.32. The molecule has 0 aliphatic rings. The second kappa shape index (κ2) is 4.36. The van der Waals surface area contributed by atoms with Crippen LogP contribution in [0.15, 0.2) is 11.4 Å². The number of hydrogen-bond acceptors (Lipinski definition) is 3. The van der Waals surface area contributed by atoms with E-state index in [4.69, 9.17) is 4.74 Å². The first-order valence-electron chi connectivity index (χ1n) is 3.69. The predicted molar refractivity (Wildman–Crippen MR) is 48.3 cm³/mol. The molecule has 62 valence electrons. The summed E-state index contributed by atoms with van der Waals surface area (Å²) >= 11 is 1.73. The van der Waals surface area contributed by atoms with Crippen molar-refractivity contribution in [1.29, 1.82) is 0 Å². The van der Waals surface area contributed by atoms with E-state index in [9.17, 15) is 0 Å². The highest BCUT2D eigenvalue weighted by Crippen LogP contribution is 2.20. The van der Waals surface area contributed by atoms with Gasteiger partial charge in [0.25, 0.3) is 0 Å². The highest BCUT2D eigenvalue weighted by Gasteiger charge is 1.97. The molecule has 0 saturated carbocycles. The molecule has 0 saturated heterocycles. The zero-order chi connectivity index (χ0) is 8.10. The van der Waals surface area contributed by atoms with E-state index in [0.29, 0.717) is 0 Å². The second-order valence-electron chi connectivity index (χ2n) is 2.23. The Hall–Kier alpha value is -0.540. The predicted octanol–water partition coefficient (Wildman–Crippen LogP) is 1.87. The molecule has 11 heavy (non-hydrogen) atoms. The summed E-state index contributed by atoms with van der Waals surface area (Å²) in [7, 11) is 1.69. The normalized spacial score (nSPS) is 10.0. The lowest BCUT2D eigenvalue weighted by atomic mass is 10.4. The van der Waals surface area contributed by atoms with Crippen LogP contribution in [0.2, 0.25) is 0 Å². The van der Waals surface area contributed by atoms with Crippen LogP contribution in [0, 0.1) is 0 Å². The van der Waals surface area contributed by atoms with Gasteiger partial charge in [-0.05, 0) is 12.6 Å². The van der Waals surface area contributed by atoms with Gasteiger partial charge in [-0.25, -0.2) is 0 Å². The van der Waals surface area contributed by atoms with Crippen molar-refractivity contribution >= 4 is 11.3 Å². The molecule has 1 rings (SSSR count). The molecule has 0 aliphatic heterocycles. The van der Waals surface area contributed by atoms with Crippen molar-refractivity contribution < 1.29 is 4.74 Å². The number of thiophene rings is 1. The van der Waals surface area contributed by atoms with Gasteiger partial charge in [0.15, 0.2) is 0 Å². The summed E-state index contributed by atoms with van der Waals surface area (Å²) in [6, 6.07) is 2.06. The van der Waals surface area contributed by atoms with Crippen molar-refractivity contribution in [3.63, 3.8) is 0 Å². The van der Waals surface area contributed by atoms with E-state index in [1.165, 1.54) is 4.88 Å². The summed E-state index contributed by atoms with van der Waals surface area (Å²) in [6.07, 6.45) is 0. The van der Waals surface area contributed by atoms with Crippen molar-refractivity contribution in [2.24, 2.45) is 0 Å². The van der Waals surface area contributed by atoms with E-state index in [0.717, 1.165) is 18.8 Å². The molecule has 1 N–H and O–H groups in total. The second-order valence-corrected chi connectivity index (χ2v) is 3.23. The maximum absolute atomic E-state index is 5.06. The van der Waals surface area contributed by atoms with Gasteiger partial charge in [-0.2, -0.15) is 0 Å². The van der Waals surface area contributed by atoms with E-state index < -0.39 is 0 Å². The van der Waals surface area contributed by atoms with Crippen molar-refractivity contribution in [3.05, 3.63) is 16.3 Å². The van der Waals surface area contributed by atoms with Crippen LogP contribution in [0.4, 0.5) is 0 Å². The topological polar surface area (TPSA) is 21.3 Å². The van der Waals surface area contributed by atoms with Crippen molar-refractivity contribution in [2.75, 3.05) is 13.7 Å². The molecule has 0 radical (unpaired) electrons. The van der Waals surface area contributed by atoms with Gasteiger partial charge >= 0.3 is 0 Å². The van der Waals surface area contributed by atoms with E-state index in [-0.39, 0.29) is 0 Å². The summed E-state index contributed by atoms with van der Waals surface area (Å²) in [5, 5.41) is 5.28. The van der Waals surface area contributed by atoms with Crippen LogP contribution < -0.4 is 10.1 Å². The third-order valence-electron chi connectivity index (χ3n) is 1.41. The first-order chi connectivity index (χ1) is 5.36. The van der Waals surface area contributed by atoms with Crippen LogP contribution in [-0.2, 0) is 6.54 Å². The molecular formula is C8H13NOS. The molecular weight excluding hydrogens is 158 g/mol. The highest BCUT2D eigenvalue weighted by atomic mass is 32.1. The Morgan fingerprint density at radius 2 is 2.45 bits per heavy atom. The molecule has 0 amide bonds. The van der Waals surface area contributed by atoms with Gasteiger partial charge in [-0.3, -0.25) is 0 Å². The van der Waals surface area contributed by atoms with Crippen LogP contribution in [0.1, 0.15) is 11.8 Å². The summed E-state index contributed by atoms with van der Waals surface area (Å²) in [6.45, 7) is 4.07. The average molecular weight is 171 g/mol. The monoisotopic (exact) mass is 171 g/mol. The minimum Gasteiger partial charge on any atom is -0.496 e. The molecule has 1 aromatic rings. The SMILES string of the molecule is CCNCc1cc(OC)cs1. The molecule has 0 fully saturated rings. The first kappa shape index (κ1) is 8.56. The lowest BCUT2D eigenvalue weighted by Crippen LogP contribution is -2.10. The fraction of sp³-hybridized carbons (Fsp3) is 0.500. The molecule has 1 heterocycles. The Labute approximate surface area is 71.2 Å². The molecule has 0 bridgehead atoms. The Kier molecular flexibility index (Phi) is 3.39. The van der Waals surface area contributed by atoms with Gasteiger partial charge in [-0.15, -0.1) is 11.3 Å². The van der Waals surface area contributed by atoms with Gasteiger partial charge in [0.2, 0.25) is 0 Å². The minimum atomic E-state index is 0.949. The third kappa shape index (κ3) is 2.52. The van der Waals surface area contributed by atoms with E-state index in [2.05, 4.69) is 18.3 Å². The third-order valence-corrected chi connectivity index (χ3v) is 2.33. The highest BCUT2D eigenvalue weighted by molar-refractivity contribution is 7.10. The van der Waals surface area contributed by atoms with Crippen LogP contribution in [-0.4, -0.2) is 13.7 Å². The van der Waals surface area contributed by atoms with Crippen molar-refractivity contribution in [3.8, 4) is 5.75 Å². The van der Waals surface area contributed by atoms with Gasteiger partial charge < -0.3 is 10.1 Å². The summed E-state index contributed by atoms with van der Waals surface area (Å²) < 4.78 is 5.06. The van der Waals surface area contributed by atoms with Crippen molar-refractivity contribution in [2.45, 2.75) is 13.5 Å². The maximum atomic E-state index is 5.06. The van der Waals surface area contributed by atoms with Crippen LogP contribution >= 0.6 is 11.3 Å². The van der Waals surface area contributed by atoms with E-state index >= 15 is 0 Å². The van der Waals surface area contributed by atoms with Crippen molar-refractivity contribution in [1.82, 2.24) is 5.32 Å². The Morgan fingerprint density at radius 3 is 3.00 bits per heavy atom. The van der Waals surface area contributed by atoms with Gasteiger partial charge in [0.1, 0.15) is 5.75 Å².